The molecule has 0 spiro atoms. The number of halogens is 2. The van der Waals surface area contributed by atoms with Crippen molar-refractivity contribution in [1.29, 1.82) is 0 Å². The van der Waals surface area contributed by atoms with Crippen LogP contribution in [0.25, 0.3) is 0 Å². The van der Waals surface area contributed by atoms with Gasteiger partial charge in [0, 0.05) is 6.07 Å². The van der Waals surface area contributed by atoms with Crippen molar-refractivity contribution in [3.05, 3.63) is 34.1 Å². The second kappa shape index (κ2) is 4.62. The maximum atomic E-state index is 12.9. The Morgan fingerprint density at radius 2 is 2.06 bits per heavy atom. The van der Waals surface area contributed by atoms with Crippen molar-refractivity contribution in [3.63, 3.8) is 0 Å². The number of rotatable bonds is 4. The molecule has 9 heteroatoms. The molecular weight excluding hydrogens is 263 g/mol. The monoisotopic (exact) mass is 268 g/mol. The van der Waals surface area contributed by atoms with Crippen LogP contribution in [0, 0.1) is 15.9 Å². The van der Waals surface area contributed by atoms with Crippen molar-refractivity contribution in [2.45, 2.75) is 0 Å². The van der Waals surface area contributed by atoms with E-state index < -0.39 is 31.7 Å². The first-order chi connectivity index (χ1) is 7.34. The van der Waals surface area contributed by atoms with Gasteiger partial charge in [-0.05, 0) is 6.07 Å². The number of hydrogen-bond donors (Lipinski definition) is 1. The van der Waals surface area contributed by atoms with Gasteiger partial charge in [0.25, 0.3) is 5.69 Å². The van der Waals surface area contributed by atoms with Crippen LogP contribution in [0.2, 0.25) is 0 Å². The van der Waals surface area contributed by atoms with Gasteiger partial charge in [-0.25, -0.2) is 12.8 Å². The van der Waals surface area contributed by atoms with E-state index in [-0.39, 0.29) is 5.69 Å². The van der Waals surface area contributed by atoms with E-state index in [2.05, 4.69) is 0 Å². The van der Waals surface area contributed by atoms with Crippen molar-refractivity contribution in [2.24, 2.45) is 0 Å². The first kappa shape index (κ1) is 12.7. The highest BCUT2D eigenvalue weighted by molar-refractivity contribution is 7.93. The normalized spacial score (nSPS) is 11.1. The number of nitro groups is 1. The molecule has 1 N–H and O–H groups in total. The molecule has 0 fully saturated rings. The molecule has 0 atom stereocenters. The number of hydrogen-bond acceptors (Lipinski definition) is 4. The summed E-state index contributed by atoms with van der Waals surface area (Å²) in [7, 11) is -3.81. The molecular formula is C7H6ClFN2O4S. The van der Waals surface area contributed by atoms with Gasteiger partial charge in [0.15, 0.2) is 0 Å². The molecule has 1 rings (SSSR count). The molecule has 1 aromatic carbocycles. The van der Waals surface area contributed by atoms with Crippen LogP contribution in [0.4, 0.5) is 15.8 Å². The van der Waals surface area contributed by atoms with Crippen molar-refractivity contribution < 1.29 is 17.7 Å². The fourth-order valence-electron chi connectivity index (χ4n) is 0.945. The minimum Gasteiger partial charge on any atom is -0.282 e. The third-order valence-corrected chi connectivity index (χ3v) is 3.21. The van der Waals surface area contributed by atoms with E-state index >= 15 is 0 Å². The zero-order valence-electron chi connectivity index (χ0n) is 7.68. The minimum atomic E-state index is -3.81. The second-order valence-electron chi connectivity index (χ2n) is 2.78. The van der Waals surface area contributed by atoms with Crippen molar-refractivity contribution in [3.8, 4) is 0 Å². The molecule has 0 aromatic heterocycles. The molecule has 0 unspecified atom stereocenters. The molecule has 16 heavy (non-hydrogen) atoms. The Kier molecular flexibility index (Phi) is 3.66. The van der Waals surface area contributed by atoms with Gasteiger partial charge in [-0.3, -0.25) is 14.8 Å². The maximum absolute atomic E-state index is 12.9. The molecule has 0 aliphatic heterocycles. The molecule has 0 heterocycles. The van der Waals surface area contributed by atoms with Crippen LogP contribution in [-0.2, 0) is 10.0 Å². The Hall–Kier alpha value is -1.41. The molecule has 0 saturated carbocycles. The summed E-state index contributed by atoms with van der Waals surface area (Å²) in [5, 5.41) is 9.65. The van der Waals surface area contributed by atoms with Crippen LogP contribution in [0.1, 0.15) is 0 Å². The lowest BCUT2D eigenvalue weighted by atomic mass is 10.3. The average molecular weight is 269 g/mol. The van der Waals surface area contributed by atoms with Gasteiger partial charge < -0.3 is 0 Å². The van der Waals surface area contributed by atoms with Crippen molar-refractivity contribution in [1.82, 2.24) is 0 Å². The standard InChI is InChI=1S/C7H6ClFN2O4S/c8-4-16(14,15)10-6-1-5(9)2-7(3-6)11(12)13/h1-3,10H,4H2. The molecule has 0 bridgehead atoms. The predicted octanol–water partition coefficient (Wildman–Crippen LogP) is 1.67. The number of alkyl halides is 1. The van der Waals surface area contributed by atoms with E-state index in [0.29, 0.717) is 6.07 Å². The molecule has 0 amide bonds. The summed E-state index contributed by atoms with van der Waals surface area (Å²) < 4.78 is 36.8. The van der Waals surface area contributed by atoms with Gasteiger partial charge in [-0.2, -0.15) is 0 Å². The van der Waals surface area contributed by atoms with Gasteiger partial charge in [-0.15, -0.1) is 11.6 Å². The Balaban J connectivity index is 3.11. The number of non-ortho nitro benzene ring substituents is 1. The summed E-state index contributed by atoms with van der Waals surface area (Å²) in [6.45, 7) is 0. The average Bonchev–Trinajstić information content (AvgIpc) is 2.16. The van der Waals surface area contributed by atoms with Crippen LogP contribution in [0.5, 0.6) is 0 Å². The van der Waals surface area contributed by atoms with E-state index in [1.165, 1.54) is 0 Å². The Morgan fingerprint density at radius 1 is 1.44 bits per heavy atom. The molecule has 0 saturated heterocycles. The molecule has 1 aromatic rings. The highest BCUT2D eigenvalue weighted by Crippen LogP contribution is 2.20. The summed E-state index contributed by atoms with van der Waals surface area (Å²) >= 11 is 5.11. The first-order valence-electron chi connectivity index (χ1n) is 3.85. The Bertz CT molecular complexity index is 519. The highest BCUT2D eigenvalue weighted by Gasteiger charge is 2.13. The summed E-state index contributed by atoms with van der Waals surface area (Å²) in [5.74, 6) is -0.915. The zero-order chi connectivity index (χ0) is 12.3. The molecule has 0 aliphatic carbocycles. The second-order valence-corrected chi connectivity index (χ2v) is 5.09. The van der Waals surface area contributed by atoms with Gasteiger partial charge >= 0.3 is 0 Å². The van der Waals surface area contributed by atoms with E-state index in [1.807, 2.05) is 4.72 Å². The smallest absolute Gasteiger partial charge is 0.274 e. The fourth-order valence-corrected chi connectivity index (χ4v) is 1.64. The number of benzene rings is 1. The summed E-state index contributed by atoms with van der Waals surface area (Å²) in [6, 6.07) is 2.39. The fraction of sp³-hybridized carbons (Fsp3) is 0.143. The van der Waals surface area contributed by atoms with Gasteiger partial charge in [-0.1, -0.05) is 0 Å². The SMILES string of the molecule is O=[N+]([O-])c1cc(F)cc(NS(=O)(=O)CCl)c1. The van der Waals surface area contributed by atoms with Gasteiger partial charge in [0.1, 0.15) is 11.0 Å². The van der Waals surface area contributed by atoms with E-state index in [1.54, 1.807) is 0 Å². The maximum Gasteiger partial charge on any atom is 0.274 e. The highest BCUT2D eigenvalue weighted by atomic mass is 35.5. The third-order valence-electron chi connectivity index (χ3n) is 1.51. The van der Waals surface area contributed by atoms with E-state index in [0.717, 1.165) is 12.1 Å². The van der Waals surface area contributed by atoms with Gasteiger partial charge in [0.2, 0.25) is 10.0 Å². The van der Waals surface area contributed by atoms with Crippen molar-refractivity contribution >= 4 is 33.0 Å². The number of nitrogens with one attached hydrogen (secondary N) is 1. The first-order valence-corrected chi connectivity index (χ1v) is 6.04. The molecule has 0 radical (unpaired) electrons. The van der Waals surface area contributed by atoms with Crippen molar-refractivity contribution in [2.75, 3.05) is 9.93 Å². The number of sulfonamides is 1. The predicted molar refractivity (Wildman–Crippen MR) is 56.3 cm³/mol. The lowest BCUT2D eigenvalue weighted by molar-refractivity contribution is -0.385. The topological polar surface area (TPSA) is 89.3 Å². The zero-order valence-corrected chi connectivity index (χ0v) is 9.26. The summed E-state index contributed by atoms with van der Waals surface area (Å²) in [4.78, 5) is 9.54. The molecule has 88 valence electrons. The van der Waals surface area contributed by atoms with Gasteiger partial charge in [0.05, 0.1) is 16.7 Å². The largest absolute Gasteiger partial charge is 0.282 e. The van der Waals surface area contributed by atoms with Crippen LogP contribution in [0.3, 0.4) is 0 Å². The van der Waals surface area contributed by atoms with E-state index in [9.17, 15) is 22.9 Å². The lowest BCUT2D eigenvalue weighted by Crippen LogP contribution is -2.13. The van der Waals surface area contributed by atoms with E-state index in [4.69, 9.17) is 11.6 Å². The minimum absolute atomic E-state index is 0.243. The number of anilines is 1. The van der Waals surface area contributed by atoms with Crippen LogP contribution in [-0.4, -0.2) is 18.6 Å². The van der Waals surface area contributed by atoms with Crippen LogP contribution in [0.15, 0.2) is 18.2 Å². The quantitative estimate of drug-likeness (QED) is 0.511. The van der Waals surface area contributed by atoms with Crippen LogP contribution < -0.4 is 4.72 Å². The molecule has 6 nitrogen and oxygen atoms in total. The summed E-state index contributed by atoms with van der Waals surface area (Å²) in [5.41, 5.74) is -0.792. The molecule has 0 aliphatic rings. The number of nitrogens with zero attached hydrogens (tertiary/aromatic N) is 1. The third kappa shape index (κ3) is 3.31. The Morgan fingerprint density at radius 3 is 2.56 bits per heavy atom. The number of nitro benzene ring substituents is 1. The summed E-state index contributed by atoms with van der Waals surface area (Å²) in [6.07, 6.45) is 0. The lowest BCUT2D eigenvalue weighted by Gasteiger charge is -2.04. The van der Waals surface area contributed by atoms with Crippen LogP contribution >= 0.6 is 11.6 Å². The Labute approximate surface area is 95.2 Å².